The fourth-order valence-corrected chi connectivity index (χ4v) is 2.56. The number of carbonyl (C=O) groups is 1. The van der Waals surface area contributed by atoms with Gasteiger partial charge in [0.1, 0.15) is 0 Å². The third kappa shape index (κ3) is 4.35. The lowest BCUT2D eigenvalue weighted by Gasteiger charge is -2.23. The van der Waals surface area contributed by atoms with Gasteiger partial charge < -0.3 is 10.6 Å². The molecule has 0 radical (unpaired) electrons. The molecule has 0 saturated carbocycles. The lowest BCUT2D eigenvalue weighted by molar-refractivity contribution is -0.116. The molecule has 0 spiro atoms. The van der Waals surface area contributed by atoms with Gasteiger partial charge in [-0.15, -0.1) is 0 Å². The number of rotatable bonds is 4. The Balaban J connectivity index is 1.81. The van der Waals surface area contributed by atoms with Gasteiger partial charge in [0.25, 0.3) is 0 Å². The van der Waals surface area contributed by atoms with Crippen LogP contribution in [0.5, 0.6) is 0 Å². The van der Waals surface area contributed by atoms with Crippen molar-refractivity contribution in [2.24, 2.45) is 0 Å². The Morgan fingerprint density at radius 3 is 2.95 bits per heavy atom. The van der Waals surface area contributed by atoms with E-state index in [4.69, 9.17) is 0 Å². The van der Waals surface area contributed by atoms with Crippen molar-refractivity contribution in [1.29, 1.82) is 0 Å². The molecule has 1 aromatic carbocycles. The molecule has 1 heterocycles. The van der Waals surface area contributed by atoms with Crippen LogP contribution in [0.4, 0.5) is 5.69 Å². The molecule has 1 amide bonds. The Kier molecular flexibility index (Phi) is 4.97. The Bertz CT molecular complexity index is 436. The number of nitrogens with one attached hydrogen (secondary N) is 2. The maximum Gasteiger partial charge on any atom is 0.224 e. The average Bonchev–Trinajstić information content (AvgIpc) is 2.42. The zero-order valence-corrected chi connectivity index (χ0v) is 12.0. The fourth-order valence-electron chi connectivity index (χ4n) is 2.56. The summed E-state index contributed by atoms with van der Waals surface area (Å²) in [5.41, 5.74) is 3.24. The van der Waals surface area contributed by atoms with Crippen LogP contribution in [0.2, 0.25) is 0 Å². The van der Waals surface area contributed by atoms with Crippen molar-refractivity contribution in [3.05, 3.63) is 29.3 Å². The van der Waals surface area contributed by atoms with E-state index in [0.717, 1.165) is 24.2 Å². The zero-order chi connectivity index (χ0) is 13.7. The molecule has 1 aliphatic heterocycles. The van der Waals surface area contributed by atoms with Crippen molar-refractivity contribution < 1.29 is 4.79 Å². The van der Waals surface area contributed by atoms with E-state index in [1.54, 1.807) is 0 Å². The van der Waals surface area contributed by atoms with E-state index < -0.39 is 0 Å². The van der Waals surface area contributed by atoms with Crippen molar-refractivity contribution >= 4 is 11.6 Å². The number of hydrogen-bond donors (Lipinski definition) is 2. The van der Waals surface area contributed by atoms with E-state index in [-0.39, 0.29) is 5.91 Å². The minimum Gasteiger partial charge on any atom is -0.326 e. The number of aryl methyl sites for hydroxylation is 2. The van der Waals surface area contributed by atoms with Gasteiger partial charge in [-0.25, -0.2) is 0 Å². The second-order valence-electron chi connectivity index (χ2n) is 5.55. The summed E-state index contributed by atoms with van der Waals surface area (Å²) in [6, 6.07) is 6.68. The van der Waals surface area contributed by atoms with Gasteiger partial charge in [-0.2, -0.15) is 0 Å². The SMILES string of the molecule is Cc1ccc(C)c(NC(=O)CCC2CCCCN2)c1. The number of amides is 1. The van der Waals surface area contributed by atoms with Gasteiger partial charge in [0.2, 0.25) is 5.91 Å². The molecule has 0 bridgehead atoms. The second-order valence-corrected chi connectivity index (χ2v) is 5.55. The summed E-state index contributed by atoms with van der Waals surface area (Å²) < 4.78 is 0. The molecule has 0 aliphatic carbocycles. The molecule has 19 heavy (non-hydrogen) atoms. The summed E-state index contributed by atoms with van der Waals surface area (Å²) in [4.78, 5) is 12.0. The maximum absolute atomic E-state index is 12.0. The number of carbonyl (C=O) groups excluding carboxylic acids is 1. The van der Waals surface area contributed by atoms with E-state index in [2.05, 4.69) is 16.7 Å². The summed E-state index contributed by atoms with van der Waals surface area (Å²) in [5.74, 6) is 0.126. The van der Waals surface area contributed by atoms with E-state index in [0.29, 0.717) is 12.5 Å². The first-order valence-electron chi connectivity index (χ1n) is 7.25. The standard InChI is InChI=1S/C16H24N2O/c1-12-6-7-13(2)15(11-12)18-16(19)9-8-14-5-3-4-10-17-14/h6-7,11,14,17H,3-5,8-10H2,1-2H3,(H,18,19). The average molecular weight is 260 g/mol. The van der Waals surface area contributed by atoms with Gasteiger partial charge >= 0.3 is 0 Å². The van der Waals surface area contributed by atoms with Crippen LogP contribution in [0.15, 0.2) is 18.2 Å². The van der Waals surface area contributed by atoms with E-state index in [1.165, 1.54) is 24.8 Å². The highest BCUT2D eigenvalue weighted by molar-refractivity contribution is 5.91. The molecule has 1 atom stereocenters. The van der Waals surface area contributed by atoms with Crippen molar-refractivity contribution in [3.8, 4) is 0 Å². The molecule has 1 aromatic rings. The number of anilines is 1. The van der Waals surface area contributed by atoms with E-state index in [9.17, 15) is 4.79 Å². The molecular formula is C16H24N2O. The molecule has 0 aromatic heterocycles. The highest BCUT2D eigenvalue weighted by atomic mass is 16.1. The van der Waals surface area contributed by atoms with Gasteiger partial charge in [0, 0.05) is 18.2 Å². The molecule has 1 fully saturated rings. The molecule has 2 rings (SSSR count). The third-order valence-corrected chi connectivity index (χ3v) is 3.80. The smallest absolute Gasteiger partial charge is 0.224 e. The first-order valence-corrected chi connectivity index (χ1v) is 7.25. The van der Waals surface area contributed by atoms with Gasteiger partial charge in [-0.3, -0.25) is 4.79 Å². The molecule has 104 valence electrons. The van der Waals surface area contributed by atoms with Crippen LogP contribution >= 0.6 is 0 Å². The van der Waals surface area contributed by atoms with E-state index >= 15 is 0 Å². The number of piperidine rings is 1. The van der Waals surface area contributed by atoms with Crippen molar-refractivity contribution in [1.82, 2.24) is 5.32 Å². The zero-order valence-electron chi connectivity index (χ0n) is 12.0. The minimum absolute atomic E-state index is 0.126. The van der Waals surface area contributed by atoms with Crippen LogP contribution in [0, 0.1) is 13.8 Å². The van der Waals surface area contributed by atoms with Crippen LogP contribution in [-0.2, 0) is 4.79 Å². The summed E-state index contributed by atoms with van der Waals surface area (Å²) in [5, 5.41) is 6.50. The summed E-state index contributed by atoms with van der Waals surface area (Å²) in [6.07, 6.45) is 5.31. The van der Waals surface area contributed by atoms with Crippen LogP contribution < -0.4 is 10.6 Å². The summed E-state index contributed by atoms with van der Waals surface area (Å²) in [7, 11) is 0. The normalized spacial score (nSPS) is 19.2. The molecule has 3 nitrogen and oxygen atoms in total. The Labute approximate surface area is 115 Å². The first-order chi connectivity index (χ1) is 9.15. The predicted octanol–water partition coefficient (Wildman–Crippen LogP) is 3.16. The Morgan fingerprint density at radius 2 is 2.21 bits per heavy atom. The van der Waals surface area contributed by atoms with Crippen molar-refractivity contribution in [2.45, 2.75) is 52.0 Å². The molecule has 2 N–H and O–H groups in total. The quantitative estimate of drug-likeness (QED) is 0.873. The molecule has 1 aliphatic rings. The largest absolute Gasteiger partial charge is 0.326 e. The maximum atomic E-state index is 12.0. The molecule has 3 heteroatoms. The van der Waals surface area contributed by atoms with Gasteiger partial charge in [-0.05, 0) is 56.8 Å². The van der Waals surface area contributed by atoms with Crippen LogP contribution in [0.1, 0.15) is 43.2 Å². The highest BCUT2D eigenvalue weighted by Crippen LogP contribution is 2.17. The molecule has 1 unspecified atom stereocenters. The van der Waals surface area contributed by atoms with Gasteiger partial charge in [0.05, 0.1) is 0 Å². The van der Waals surface area contributed by atoms with Gasteiger partial charge in [-0.1, -0.05) is 18.6 Å². The highest BCUT2D eigenvalue weighted by Gasteiger charge is 2.14. The van der Waals surface area contributed by atoms with Crippen molar-refractivity contribution in [2.75, 3.05) is 11.9 Å². The second kappa shape index (κ2) is 6.71. The van der Waals surface area contributed by atoms with E-state index in [1.807, 2.05) is 26.0 Å². The van der Waals surface area contributed by atoms with Crippen molar-refractivity contribution in [3.63, 3.8) is 0 Å². The summed E-state index contributed by atoms with van der Waals surface area (Å²) in [6.45, 7) is 5.17. The monoisotopic (exact) mass is 260 g/mol. The van der Waals surface area contributed by atoms with Crippen LogP contribution in [-0.4, -0.2) is 18.5 Å². The van der Waals surface area contributed by atoms with Crippen LogP contribution in [0.3, 0.4) is 0 Å². The lowest BCUT2D eigenvalue weighted by Crippen LogP contribution is -2.34. The number of benzene rings is 1. The molecular weight excluding hydrogens is 236 g/mol. The summed E-state index contributed by atoms with van der Waals surface area (Å²) >= 11 is 0. The molecule has 1 saturated heterocycles. The van der Waals surface area contributed by atoms with Crippen LogP contribution in [0.25, 0.3) is 0 Å². The first kappa shape index (κ1) is 14.1. The Hall–Kier alpha value is -1.35. The minimum atomic E-state index is 0.126. The third-order valence-electron chi connectivity index (χ3n) is 3.80. The predicted molar refractivity (Wildman–Crippen MR) is 79.4 cm³/mol. The Morgan fingerprint density at radius 1 is 1.37 bits per heavy atom. The fraction of sp³-hybridized carbons (Fsp3) is 0.562. The number of hydrogen-bond acceptors (Lipinski definition) is 2. The lowest BCUT2D eigenvalue weighted by atomic mass is 10.0. The topological polar surface area (TPSA) is 41.1 Å². The van der Waals surface area contributed by atoms with Gasteiger partial charge in [0.15, 0.2) is 0 Å².